The maximum atomic E-state index is 12.6. The van der Waals surface area contributed by atoms with Gasteiger partial charge < -0.3 is 4.57 Å². The minimum atomic E-state index is -3.96. The third-order valence-electron chi connectivity index (χ3n) is 3.63. The number of hydrogen-bond donors (Lipinski definition) is 2. The van der Waals surface area contributed by atoms with Crippen LogP contribution in [0.2, 0.25) is 0 Å². The van der Waals surface area contributed by atoms with Crippen molar-refractivity contribution in [3.05, 3.63) is 33.8 Å². The molecule has 0 fully saturated rings. The zero-order valence-electron chi connectivity index (χ0n) is 15.0. The molecule has 0 saturated carbocycles. The maximum Gasteiger partial charge on any atom is 0.282 e. The molecule has 2 N–H and O–H groups in total. The van der Waals surface area contributed by atoms with Gasteiger partial charge in [0.1, 0.15) is 10.6 Å². The van der Waals surface area contributed by atoms with E-state index >= 15 is 0 Å². The zero-order valence-corrected chi connectivity index (χ0v) is 17.4. The molecule has 0 aliphatic carbocycles. The van der Waals surface area contributed by atoms with E-state index in [0.29, 0.717) is 17.1 Å². The average molecular weight is 432 g/mol. The molecule has 0 spiro atoms. The lowest BCUT2D eigenvalue weighted by Crippen LogP contribution is -2.42. The molecular formula is C15H22BrN5O3S. The maximum absolute atomic E-state index is 12.6. The van der Waals surface area contributed by atoms with Crippen LogP contribution in [0.1, 0.15) is 42.6 Å². The average Bonchev–Trinajstić information content (AvgIpc) is 2.95. The van der Waals surface area contributed by atoms with E-state index in [9.17, 15) is 13.2 Å². The highest BCUT2D eigenvalue weighted by Crippen LogP contribution is 2.24. The highest BCUT2D eigenvalue weighted by molar-refractivity contribution is 9.10. The van der Waals surface area contributed by atoms with Crippen molar-refractivity contribution in [2.24, 2.45) is 7.05 Å². The molecule has 0 saturated heterocycles. The predicted octanol–water partition coefficient (Wildman–Crippen LogP) is 1.98. The Bertz CT molecular complexity index is 922. The number of nitrogens with zero attached hydrogens (tertiary/aromatic N) is 3. The number of carbonyl (C=O) groups excluding carboxylic acids is 1. The Kier molecular flexibility index (Phi) is 5.18. The van der Waals surface area contributed by atoms with Crippen LogP contribution in [-0.4, -0.2) is 28.7 Å². The molecule has 0 unspecified atom stereocenters. The summed E-state index contributed by atoms with van der Waals surface area (Å²) in [5.74, 6) is -0.560. The first-order valence-corrected chi connectivity index (χ1v) is 9.83. The first-order chi connectivity index (χ1) is 11.3. The molecule has 1 amide bonds. The number of carbonyl (C=O) groups is 1. The second kappa shape index (κ2) is 6.58. The van der Waals surface area contributed by atoms with Gasteiger partial charge in [0, 0.05) is 17.7 Å². The van der Waals surface area contributed by atoms with Gasteiger partial charge in [0.2, 0.25) is 0 Å². The van der Waals surface area contributed by atoms with Crippen LogP contribution in [0.5, 0.6) is 0 Å². The van der Waals surface area contributed by atoms with Crippen LogP contribution in [-0.2, 0) is 22.6 Å². The van der Waals surface area contributed by atoms with Gasteiger partial charge in [-0.2, -0.15) is 5.10 Å². The van der Waals surface area contributed by atoms with E-state index in [2.05, 4.69) is 31.3 Å². The lowest BCUT2D eigenvalue weighted by molar-refractivity contribution is 0.0937. The first kappa shape index (κ1) is 19.7. The minimum Gasteiger partial charge on any atom is -0.345 e. The number of sulfonamides is 1. The SMILES string of the molecule is Cc1nn(C(C)(C)C)c(C)c1S(=O)(=O)NNC(=O)c1cc(Br)cn1C. The summed E-state index contributed by atoms with van der Waals surface area (Å²) in [6, 6.07) is 1.60. The molecule has 10 heteroatoms. The van der Waals surface area contributed by atoms with E-state index in [1.54, 1.807) is 42.4 Å². The highest BCUT2D eigenvalue weighted by atomic mass is 79.9. The van der Waals surface area contributed by atoms with E-state index in [-0.39, 0.29) is 10.4 Å². The van der Waals surface area contributed by atoms with Crippen LogP contribution in [0.4, 0.5) is 0 Å². The van der Waals surface area contributed by atoms with Gasteiger partial charge in [-0.1, -0.05) is 0 Å². The highest BCUT2D eigenvalue weighted by Gasteiger charge is 2.29. The largest absolute Gasteiger partial charge is 0.345 e. The smallest absolute Gasteiger partial charge is 0.282 e. The fraction of sp³-hybridized carbons (Fsp3) is 0.467. The number of aryl methyl sites for hydroxylation is 2. The van der Waals surface area contributed by atoms with Gasteiger partial charge in [0.15, 0.2) is 0 Å². The van der Waals surface area contributed by atoms with Crippen molar-refractivity contribution in [3.8, 4) is 0 Å². The second-order valence-electron chi connectivity index (χ2n) is 6.80. The summed E-state index contributed by atoms with van der Waals surface area (Å²) < 4.78 is 29.3. The molecule has 2 aromatic heterocycles. The van der Waals surface area contributed by atoms with Crippen molar-refractivity contribution in [3.63, 3.8) is 0 Å². The number of hydrogen-bond acceptors (Lipinski definition) is 4. The van der Waals surface area contributed by atoms with Crippen LogP contribution in [0.25, 0.3) is 0 Å². The molecule has 0 aliphatic rings. The van der Waals surface area contributed by atoms with Gasteiger partial charge >= 0.3 is 0 Å². The number of nitrogens with one attached hydrogen (secondary N) is 2. The summed E-state index contributed by atoms with van der Waals surface area (Å²) >= 11 is 3.27. The Balaban J connectivity index is 2.27. The van der Waals surface area contributed by atoms with Gasteiger partial charge in [-0.05, 0) is 56.6 Å². The molecule has 0 bridgehead atoms. The van der Waals surface area contributed by atoms with Crippen LogP contribution in [0, 0.1) is 13.8 Å². The van der Waals surface area contributed by atoms with Crippen molar-refractivity contribution in [1.82, 2.24) is 24.6 Å². The fourth-order valence-electron chi connectivity index (χ4n) is 2.65. The zero-order chi connectivity index (χ0) is 19.2. The first-order valence-electron chi connectivity index (χ1n) is 7.55. The molecule has 0 radical (unpaired) electrons. The Hall–Kier alpha value is -1.65. The molecule has 2 rings (SSSR count). The Morgan fingerprint density at radius 1 is 1.28 bits per heavy atom. The minimum absolute atomic E-state index is 0.0655. The monoisotopic (exact) mass is 431 g/mol. The lowest BCUT2D eigenvalue weighted by atomic mass is 10.1. The van der Waals surface area contributed by atoms with Crippen molar-refractivity contribution in [1.29, 1.82) is 0 Å². The third kappa shape index (κ3) is 3.96. The van der Waals surface area contributed by atoms with Gasteiger partial charge in [0.05, 0.1) is 16.9 Å². The van der Waals surface area contributed by atoms with Crippen LogP contribution in [0.3, 0.4) is 0 Å². The fourth-order valence-corrected chi connectivity index (χ4v) is 4.41. The van der Waals surface area contributed by atoms with Gasteiger partial charge in [-0.15, -0.1) is 4.83 Å². The van der Waals surface area contributed by atoms with Gasteiger partial charge in [0.25, 0.3) is 15.9 Å². The van der Waals surface area contributed by atoms with Gasteiger partial charge in [-0.25, -0.2) is 8.42 Å². The summed E-state index contributed by atoms with van der Waals surface area (Å²) in [4.78, 5) is 14.4. The predicted molar refractivity (Wildman–Crippen MR) is 97.6 cm³/mol. The topological polar surface area (TPSA) is 98.0 Å². The second-order valence-corrected chi connectivity index (χ2v) is 9.33. The van der Waals surface area contributed by atoms with Crippen molar-refractivity contribution in [2.75, 3.05) is 0 Å². The molecule has 0 aromatic carbocycles. The van der Waals surface area contributed by atoms with E-state index in [1.807, 2.05) is 20.8 Å². The molecule has 8 nitrogen and oxygen atoms in total. The molecular weight excluding hydrogens is 410 g/mol. The Morgan fingerprint density at radius 2 is 1.88 bits per heavy atom. The molecule has 138 valence electrons. The number of aromatic nitrogens is 3. The van der Waals surface area contributed by atoms with E-state index < -0.39 is 15.9 Å². The van der Waals surface area contributed by atoms with E-state index in [4.69, 9.17) is 0 Å². The number of hydrazine groups is 1. The van der Waals surface area contributed by atoms with Crippen molar-refractivity contribution < 1.29 is 13.2 Å². The number of halogens is 1. The van der Waals surface area contributed by atoms with Gasteiger partial charge in [-0.3, -0.25) is 14.9 Å². The van der Waals surface area contributed by atoms with Crippen molar-refractivity contribution in [2.45, 2.75) is 45.1 Å². The molecule has 25 heavy (non-hydrogen) atoms. The van der Waals surface area contributed by atoms with Crippen LogP contribution in [0.15, 0.2) is 21.6 Å². The molecule has 2 heterocycles. The summed E-state index contributed by atoms with van der Waals surface area (Å²) in [5, 5.41) is 4.32. The molecule has 2 aromatic rings. The molecule has 0 aliphatic heterocycles. The summed E-state index contributed by atoms with van der Waals surface area (Å²) in [6.07, 6.45) is 1.70. The number of amides is 1. The van der Waals surface area contributed by atoms with E-state index in [1.165, 1.54) is 0 Å². The third-order valence-corrected chi connectivity index (χ3v) is 5.56. The standard InChI is InChI=1S/C15H22BrN5O3S/c1-9-13(10(2)21(18-9)15(3,4)5)25(23,24)19-17-14(22)12-7-11(16)8-20(12)6/h7-8,19H,1-6H3,(H,17,22). The summed E-state index contributed by atoms with van der Waals surface area (Å²) in [6.45, 7) is 9.12. The van der Waals surface area contributed by atoms with Crippen LogP contribution < -0.4 is 10.3 Å². The summed E-state index contributed by atoms with van der Waals surface area (Å²) in [5.41, 5.74) is 3.07. The lowest BCUT2D eigenvalue weighted by Gasteiger charge is -2.21. The van der Waals surface area contributed by atoms with Crippen LogP contribution >= 0.6 is 15.9 Å². The Morgan fingerprint density at radius 3 is 2.32 bits per heavy atom. The Labute approximate surface area is 155 Å². The normalized spacial score (nSPS) is 12.4. The molecule has 0 atom stereocenters. The quantitative estimate of drug-likeness (QED) is 0.722. The van der Waals surface area contributed by atoms with E-state index in [0.717, 1.165) is 4.47 Å². The summed E-state index contributed by atoms with van der Waals surface area (Å²) in [7, 11) is -2.27. The van der Waals surface area contributed by atoms with Crippen molar-refractivity contribution >= 4 is 31.9 Å². The number of rotatable bonds is 4.